The first-order chi connectivity index (χ1) is 8.58. The van der Waals surface area contributed by atoms with Crippen LogP contribution in [-0.2, 0) is 17.6 Å². The van der Waals surface area contributed by atoms with Gasteiger partial charge in [-0.05, 0) is 42.4 Å². The quantitative estimate of drug-likeness (QED) is 0.781. The van der Waals surface area contributed by atoms with E-state index in [2.05, 4.69) is 26.0 Å². The number of carboxylic acid groups (broad SMARTS) is 1. The lowest BCUT2D eigenvalue weighted by molar-refractivity contribution is -0.137. The van der Waals surface area contributed by atoms with Gasteiger partial charge in [0, 0.05) is 6.42 Å². The summed E-state index contributed by atoms with van der Waals surface area (Å²) in [5.41, 5.74) is 3.32. The van der Waals surface area contributed by atoms with Crippen LogP contribution in [0.3, 0.4) is 0 Å². The van der Waals surface area contributed by atoms with Crippen LogP contribution in [0.2, 0.25) is 0 Å². The summed E-state index contributed by atoms with van der Waals surface area (Å²) in [6.45, 7) is 4.15. The zero-order valence-corrected chi connectivity index (χ0v) is 11.1. The number of aliphatic carboxylic acids is 1. The zero-order chi connectivity index (χ0) is 13.5. The molecule has 1 atom stereocenters. The summed E-state index contributed by atoms with van der Waals surface area (Å²) in [5.74, 6) is -0.805. The molecule has 3 nitrogen and oxygen atoms in total. The van der Waals surface area contributed by atoms with Crippen molar-refractivity contribution in [1.29, 1.82) is 0 Å². The van der Waals surface area contributed by atoms with Gasteiger partial charge in [-0.2, -0.15) is 0 Å². The van der Waals surface area contributed by atoms with Gasteiger partial charge in [0.2, 0.25) is 0 Å². The van der Waals surface area contributed by atoms with E-state index in [0.717, 1.165) is 24.0 Å². The summed E-state index contributed by atoms with van der Waals surface area (Å²) in [6, 6.07) is 6.20. The van der Waals surface area contributed by atoms with Crippen LogP contribution in [0.25, 0.3) is 0 Å². The summed E-state index contributed by atoms with van der Waals surface area (Å²) >= 11 is 0. The van der Waals surface area contributed by atoms with Crippen LogP contribution >= 0.6 is 0 Å². The fourth-order valence-electron chi connectivity index (χ4n) is 2.10. The van der Waals surface area contributed by atoms with E-state index in [1.807, 2.05) is 6.07 Å². The van der Waals surface area contributed by atoms with Crippen molar-refractivity contribution in [2.45, 2.75) is 52.1 Å². The molecule has 0 aromatic heterocycles. The number of carboxylic acids is 1. The maximum absolute atomic E-state index is 10.5. The third-order valence-corrected chi connectivity index (χ3v) is 3.23. The van der Waals surface area contributed by atoms with Crippen molar-refractivity contribution in [1.82, 2.24) is 0 Å². The van der Waals surface area contributed by atoms with Crippen molar-refractivity contribution in [3.63, 3.8) is 0 Å². The monoisotopic (exact) mass is 250 g/mol. The third-order valence-electron chi connectivity index (χ3n) is 3.23. The van der Waals surface area contributed by atoms with Gasteiger partial charge < -0.3 is 10.2 Å². The number of rotatable bonds is 7. The van der Waals surface area contributed by atoms with Crippen molar-refractivity contribution in [2.75, 3.05) is 0 Å². The highest BCUT2D eigenvalue weighted by molar-refractivity contribution is 5.66. The number of hydrogen-bond acceptors (Lipinski definition) is 2. The van der Waals surface area contributed by atoms with Crippen LogP contribution in [0.15, 0.2) is 18.2 Å². The van der Waals surface area contributed by atoms with Crippen LogP contribution in [0.5, 0.6) is 0 Å². The molecule has 0 radical (unpaired) electrons. The molecule has 1 aromatic rings. The molecular formula is C15H22O3. The number of aliphatic hydroxyl groups excluding tert-OH is 1. The third kappa shape index (κ3) is 4.15. The average Bonchev–Trinajstić information content (AvgIpc) is 2.37. The fourth-order valence-corrected chi connectivity index (χ4v) is 2.10. The molecule has 0 spiro atoms. The first kappa shape index (κ1) is 14.7. The van der Waals surface area contributed by atoms with Gasteiger partial charge in [-0.15, -0.1) is 0 Å². The Balaban J connectivity index is 2.75. The molecule has 100 valence electrons. The second-order valence-electron chi connectivity index (χ2n) is 4.54. The van der Waals surface area contributed by atoms with Crippen molar-refractivity contribution in [3.8, 4) is 0 Å². The van der Waals surface area contributed by atoms with Gasteiger partial charge in [-0.3, -0.25) is 4.79 Å². The Morgan fingerprint density at radius 3 is 2.56 bits per heavy atom. The topological polar surface area (TPSA) is 57.5 Å². The molecule has 1 rings (SSSR count). The summed E-state index contributed by atoms with van der Waals surface area (Å²) in [5, 5.41) is 18.8. The molecule has 3 heteroatoms. The summed E-state index contributed by atoms with van der Waals surface area (Å²) in [7, 11) is 0. The number of hydrogen-bond donors (Lipinski definition) is 2. The highest BCUT2D eigenvalue weighted by Gasteiger charge is 2.12. The van der Waals surface area contributed by atoms with Gasteiger partial charge in [0.25, 0.3) is 0 Å². The van der Waals surface area contributed by atoms with Crippen LogP contribution in [0.1, 0.15) is 55.9 Å². The number of aryl methyl sites for hydroxylation is 2. The van der Waals surface area contributed by atoms with Crippen LogP contribution in [-0.4, -0.2) is 16.2 Å². The van der Waals surface area contributed by atoms with E-state index in [-0.39, 0.29) is 6.42 Å². The van der Waals surface area contributed by atoms with E-state index >= 15 is 0 Å². The minimum absolute atomic E-state index is 0.117. The predicted octanol–water partition coefficient (Wildman–Crippen LogP) is 3.10. The number of benzene rings is 1. The normalized spacial score (nSPS) is 12.4. The largest absolute Gasteiger partial charge is 0.481 e. The van der Waals surface area contributed by atoms with E-state index in [4.69, 9.17) is 5.11 Å². The second kappa shape index (κ2) is 7.17. The first-order valence-corrected chi connectivity index (χ1v) is 6.60. The molecule has 1 aromatic carbocycles. The first-order valence-electron chi connectivity index (χ1n) is 6.60. The van der Waals surface area contributed by atoms with Crippen molar-refractivity contribution in [2.24, 2.45) is 0 Å². The lowest BCUT2D eigenvalue weighted by Gasteiger charge is -2.16. The number of carbonyl (C=O) groups is 1. The molecule has 0 saturated carbocycles. The molecule has 0 aliphatic carbocycles. The van der Waals surface area contributed by atoms with E-state index < -0.39 is 12.1 Å². The van der Waals surface area contributed by atoms with E-state index in [9.17, 15) is 9.90 Å². The molecule has 0 heterocycles. The molecule has 0 unspecified atom stereocenters. The highest BCUT2D eigenvalue weighted by atomic mass is 16.4. The SMILES string of the molecule is CCc1ccc(CC)c([C@H](O)CCCC(=O)O)c1. The molecule has 0 saturated heterocycles. The zero-order valence-electron chi connectivity index (χ0n) is 11.1. The lowest BCUT2D eigenvalue weighted by Crippen LogP contribution is -2.04. The van der Waals surface area contributed by atoms with Crippen molar-refractivity contribution >= 4 is 5.97 Å². The van der Waals surface area contributed by atoms with Gasteiger partial charge >= 0.3 is 5.97 Å². The average molecular weight is 250 g/mol. The summed E-state index contributed by atoms with van der Waals surface area (Å²) in [4.78, 5) is 10.5. The minimum atomic E-state index is -0.805. The van der Waals surface area contributed by atoms with Crippen LogP contribution in [0.4, 0.5) is 0 Å². The van der Waals surface area contributed by atoms with Crippen molar-refractivity contribution < 1.29 is 15.0 Å². The lowest BCUT2D eigenvalue weighted by atomic mass is 9.94. The highest BCUT2D eigenvalue weighted by Crippen LogP contribution is 2.25. The second-order valence-corrected chi connectivity index (χ2v) is 4.54. The van der Waals surface area contributed by atoms with E-state index in [0.29, 0.717) is 12.8 Å². The standard InChI is InChI=1S/C15H22O3/c1-3-11-8-9-12(4-2)13(10-11)14(16)6-5-7-15(17)18/h8-10,14,16H,3-7H2,1-2H3,(H,17,18)/t14-/m1/s1. The van der Waals surface area contributed by atoms with Gasteiger partial charge in [0.15, 0.2) is 0 Å². The maximum Gasteiger partial charge on any atom is 0.303 e. The van der Waals surface area contributed by atoms with Crippen molar-refractivity contribution in [3.05, 3.63) is 34.9 Å². The minimum Gasteiger partial charge on any atom is -0.481 e. The molecule has 0 amide bonds. The molecule has 18 heavy (non-hydrogen) atoms. The van der Waals surface area contributed by atoms with E-state index in [1.165, 1.54) is 5.56 Å². The molecule has 0 bridgehead atoms. The van der Waals surface area contributed by atoms with E-state index in [1.54, 1.807) is 0 Å². The molecule has 0 fully saturated rings. The Hall–Kier alpha value is -1.35. The van der Waals surface area contributed by atoms with Gasteiger partial charge in [-0.25, -0.2) is 0 Å². The van der Waals surface area contributed by atoms with Gasteiger partial charge in [0.1, 0.15) is 0 Å². The fraction of sp³-hybridized carbons (Fsp3) is 0.533. The molecule has 2 N–H and O–H groups in total. The van der Waals surface area contributed by atoms with Crippen LogP contribution in [0, 0.1) is 0 Å². The Kier molecular flexibility index (Phi) is 5.86. The summed E-state index contributed by atoms with van der Waals surface area (Å²) in [6.07, 6.45) is 2.41. The Morgan fingerprint density at radius 1 is 1.28 bits per heavy atom. The summed E-state index contributed by atoms with van der Waals surface area (Å²) < 4.78 is 0. The molecule has 0 aliphatic heterocycles. The van der Waals surface area contributed by atoms with Gasteiger partial charge in [0.05, 0.1) is 6.10 Å². The Labute approximate surface area is 108 Å². The maximum atomic E-state index is 10.5. The van der Waals surface area contributed by atoms with Crippen LogP contribution < -0.4 is 0 Å². The predicted molar refractivity (Wildman–Crippen MR) is 71.6 cm³/mol. The Morgan fingerprint density at radius 2 is 2.00 bits per heavy atom. The smallest absolute Gasteiger partial charge is 0.303 e. The molecular weight excluding hydrogens is 228 g/mol. The number of aliphatic hydroxyl groups is 1. The molecule has 0 aliphatic rings. The van der Waals surface area contributed by atoms with Gasteiger partial charge in [-0.1, -0.05) is 32.0 Å². The Bertz CT molecular complexity index is 399.